The van der Waals surface area contributed by atoms with Gasteiger partial charge in [0.15, 0.2) is 0 Å². The van der Waals surface area contributed by atoms with E-state index in [-0.39, 0.29) is 12.4 Å². The summed E-state index contributed by atoms with van der Waals surface area (Å²) in [6.07, 6.45) is 3.67. The zero-order valence-corrected chi connectivity index (χ0v) is 12.7. The number of anilines is 2. The maximum absolute atomic E-state index is 11.8. The van der Waals surface area contributed by atoms with Crippen molar-refractivity contribution in [3.63, 3.8) is 0 Å². The average Bonchev–Trinajstić information content (AvgIpc) is 2.46. The molecular weight excluding hydrogens is 276 g/mol. The lowest BCUT2D eigenvalue weighted by atomic mass is 10.1. The Kier molecular flexibility index (Phi) is 5.25. The van der Waals surface area contributed by atoms with Gasteiger partial charge < -0.3 is 9.64 Å². The molecule has 0 aliphatic carbocycles. The van der Waals surface area contributed by atoms with Crippen LogP contribution < -0.4 is 9.62 Å². The highest BCUT2D eigenvalue weighted by Crippen LogP contribution is 2.23. The van der Waals surface area contributed by atoms with E-state index in [0.717, 1.165) is 18.8 Å². The van der Waals surface area contributed by atoms with Crippen LogP contribution in [0.2, 0.25) is 0 Å². The van der Waals surface area contributed by atoms with Crippen LogP contribution in [-0.2, 0) is 14.8 Å². The Bertz CT molecular complexity index is 525. The summed E-state index contributed by atoms with van der Waals surface area (Å²) in [5.74, 6) is -0.0303. The van der Waals surface area contributed by atoms with Gasteiger partial charge in [-0.15, -0.1) is 0 Å². The van der Waals surface area contributed by atoms with E-state index >= 15 is 0 Å². The van der Waals surface area contributed by atoms with Crippen molar-refractivity contribution in [3.8, 4) is 0 Å². The summed E-state index contributed by atoms with van der Waals surface area (Å²) in [5.41, 5.74) is 1.70. The SMILES string of the molecule is COCCS(=O)(=O)Nc1cccc(N2CCCCC2)c1. The first kappa shape index (κ1) is 15.1. The quantitative estimate of drug-likeness (QED) is 0.873. The summed E-state index contributed by atoms with van der Waals surface area (Å²) in [6, 6.07) is 7.59. The minimum absolute atomic E-state index is 0.0303. The standard InChI is InChI=1S/C14H22N2O3S/c1-19-10-11-20(17,18)15-13-6-5-7-14(12-13)16-8-3-2-4-9-16/h5-7,12,15H,2-4,8-11H2,1H3. The summed E-state index contributed by atoms with van der Waals surface area (Å²) < 4.78 is 31.1. The van der Waals surface area contributed by atoms with Crippen LogP contribution >= 0.6 is 0 Å². The molecular formula is C14H22N2O3S. The van der Waals surface area contributed by atoms with Crippen LogP contribution in [0.3, 0.4) is 0 Å². The van der Waals surface area contributed by atoms with E-state index in [1.165, 1.54) is 26.4 Å². The number of benzene rings is 1. The Labute approximate surface area is 121 Å². The fraction of sp³-hybridized carbons (Fsp3) is 0.571. The molecule has 1 saturated heterocycles. The topological polar surface area (TPSA) is 58.6 Å². The van der Waals surface area contributed by atoms with Crippen LogP contribution in [0.4, 0.5) is 11.4 Å². The molecule has 0 aromatic heterocycles. The van der Waals surface area contributed by atoms with Gasteiger partial charge in [0.1, 0.15) is 0 Å². The molecule has 112 valence electrons. The van der Waals surface area contributed by atoms with Crippen molar-refractivity contribution in [2.24, 2.45) is 0 Å². The second-order valence-electron chi connectivity index (χ2n) is 5.01. The molecule has 2 rings (SSSR count). The lowest BCUT2D eigenvalue weighted by molar-refractivity contribution is 0.217. The molecule has 0 bridgehead atoms. The van der Waals surface area contributed by atoms with Crippen LogP contribution in [-0.4, -0.2) is 41.0 Å². The lowest BCUT2D eigenvalue weighted by Crippen LogP contribution is -2.29. The van der Waals surface area contributed by atoms with Gasteiger partial charge in [0.05, 0.1) is 18.0 Å². The monoisotopic (exact) mass is 298 g/mol. The highest BCUT2D eigenvalue weighted by atomic mass is 32.2. The molecule has 20 heavy (non-hydrogen) atoms. The van der Waals surface area contributed by atoms with Crippen LogP contribution in [0.1, 0.15) is 19.3 Å². The van der Waals surface area contributed by atoms with Crippen molar-refractivity contribution in [3.05, 3.63) is 24.3 Å². The molecule has 6 heteroatoms. The predicted molar refractivity (Wildman–Crippen MR) is 81.8 cm³/mol. The molecule has 1 fully saturated rings. The molecule has 1 heterocycles. The number of sulfonamides is 1. The van der Waals surface area contributed by atoms with Gasteiger partial charge in [-0.25, -0.2) is 8.42 Å². The second-order valence-corrected chi connectivity index (χ2v) is 6.85. The number of ether oxygens (including phenoxy) is 1. The molecule has 5 nitrogen and oxygen atoms in total. The Morgan fingerprint density at radius 2 is 2.00 bits per heavy atom. The first-order valence-corrected chi connectivity index (χ1v) is 8.60. The Hall–Kier alpha value is -1.27. The van der Waals surface area contributed by atoms with Crippen molar-refractivity contribution in [2.75, 3.05) is 42.2 Å². The van der Waals surface area contributed by atoms with Crippen molar-refractivity contribution in [1.29, 1.82) is 0 Å². The molecule has 1 N–H and O–H groups in total. The van der Waals surface area contributed by atoms with Gasteiger partial charge >= 0.3 is 0 Å². The summed E-state index contributed by atoms with van der Waals surface area (Å²) in [4.78, 5) is 2.30. The van der Waals surface area contributed by atoms with Crippen molar-refractivity contribution in [1.82, 2.24) is 0 Å². The van der Waals surface area contributed by atoms with Gasteiger partial charge in [0.2, 0.25) is 10.0 Å². The van der Waals surface area contributed by atoms with Gasteiger partial charge in [-0.1, -0.05) is 6.07 Å². The number of hydrogen-bond acceptors (Lipinski definition) is 4. The largest absolute Gasteiger partial charge is 0.384 e. The molecule has 0 spiro atoms. The highest BCUT2D eigenvalue weighted by Gasteiger charge is 2.13. The molecule has 0 amide bonds. The zero-order valence-electron chi connectivity index (χ0n) is 11.8. The molecule has 0 radical (unpaired) electrons. The van der Waals surface area contributed by atoms with E-state index in [2.05, 4.69) is 9.62 Å². The summed E-state index contributed by atoms with van der Waals surface area (Å²) in [7, 11) is -1.85. The van der Waals surface area contributed by atoms with E-state index in [1.807, 2.05) is 18.2 Å². The molecule has 0 atom stereocenters. The third-order valence-corrected chi connectivity index (χ3v) is 4.65. The number of hydrogen-bond donors (Lipinski definition) is 1. The number of rotatable bonds is 6. The van der Waals surface area contributed by atoms with E-state index in [1.54, 1.807) is 6.07 Å². The lowest BCUT2D eigenvalue weighted by Gasteiger charge is -2.29. The Morgan fingerprint density at radius 1 is 1.25 bits per heavy atom. The number of nitrogens with zero attached hydrogens (tertiary/aromatic N) is 1. The first-order chi connectivity index (χ1) is 9.61. The Balaban J connectivity index is 2.05. The third kappa shape index (κ3) is 4.38. The second kappa shape index (κ2) is 6.95. The molecule has 0 unspecified atom stereocenters. The van der Waals surface area contributed by atoms with Crippen molar-refractivity contribution >= 4 is 21.4 Å². The number of nitrogens with one attached hydrogen (secondary N) is 1. The molecule has 1 aromatic carbocycles. The van der Waals surface area contributed by atoms with E-state index in [9.17, 15) is 8.42 Å². The predicted octanol–water partition coefficient (Wildman–Crippen LogP) is 2.06. The number of piperidine rings is 1. The van der Waals surface area contributed by atoms with Gasteiger partial charge in [0.25, 0.3) is 0 Å². The fourth-order valence-corrected chi connectivity index (χ4v) is 3.32. The maximum atomic E-state index is 11.8. The smallest absolute Gasteiger partial charge is 0.235 e. The fourth-order valence-electron chi connectivity index (χ4n) is 2.34. The van der Waals surface area contributed by atoms with Crippen molar-refractivity contribution < 1.29 is 13.2 Å². The zero-order chi connectivity index (χ0) is 14.4. The van der Waals surface area contributed by atoms with E-state index in [4.69, 9.17) is 4.74 Å². The summed E-state index contributed by atoms with van der Waals surface area (Å²) in [6.45, 7) is 2.28. The van der Waals surface area contributed by atoms with Crippen LogP contribution in [0, 0.1) is 0 Å². The summed E-state index contributed by atoms with van der Waals surface area (Å²) >= 11 is 0. The molecule has 1 aromatic rings. The van der Waals surface area contributed by atoms with E-state index < -0.39 is 10.0 Å². The van der Waals surface area contributed by atoms with Gasteiger partial charge in [-0.2, -0.15) is 0 Å². The van der Waals surface area contributed by atoms with Gasteiger partial charge in [-0.05, 0) is 37.5 Å². The third-order valence-electron chi connectivity index (χ3n) is 3.40. The molecule has 1 aliphatic rings. The summed E-state index contributed by atoms with van der Waals surface area (Å²) in [5, 5.41) is 0. The van der Waals surface area contributed by atoms with Crippen LogP contribution in [0.5, 0.6) is 0 Å². The Morgan fingerprint density at radius 3 is 2.70 bits per heavy atom. The van der Waals surface area contributed by atoms with Gasteiger partial charge in [-0.3, -0.25) is 4.72 Å². The molecule has 0 saturated carbocycles. The number of methoxy groups -OCH3 is 1. The molecule has 1 aliphatic heterocycles. The van der Waals surface area contributed by atoms with Gasteiger partial charge in [0, 0.05) is 25.9 Å². The first-order valence-electron chi connectivity index (χ1n) is 6.95. The minimum Gasteiger partial charge on any atom is -0.384 e. The van der Waals surface area contributed by atoms with Crippen LogP contribution in [0.15, 0.2) is 24.3 Å². The van der Waals surface area contributed by atoms with Crippen LogP contribution in [0.25, 0.3) is 0 Å². The van der Waals surface area contributed by atoms with E-state index in [0.29, 0.717) is 5.69 Å². The van der Waals surface area contributed by atoms with Crippen molar-refractivity contribution in [2.45, 2.75) is 19.3 Å². The maximum Gasteiger partial charge on any atom is 0.235 e. The normalized spacial score (nSPS) is 16.1. The average molecular weight is 298 g/mol. The minimum atomic E-state index is -3.34. The highest BCUT2D eigenvalue weighted by molar-refractivity contribution is 7.92.